The van der Waals surface area contributed by atoms with E-state index in [1.807, 2.05) is 69.4 Å². The molecule has 1 heterocycles. The molecule has 0 saturated carbocycles. The van der Waals surface area contributed by atoms with Gasteiger partial charge in [0.1, 0.15) is 12.4 Å². The number of nitrogens with zero attached hydrogens (tertiary/aromatic N) is 3. The Morgan fingerprint density at radius 3 is 2.46 bits per heavy atom. The van der Waals surface area contributed by atoms with E-state index in [4.69, 9.17) is 20.8 Å². The Labute approximate surface area is 158 Å². The van der Waals surface area contributed by atoms with Gasteiger partial charge in [0.15, 0.2) is 0 Å². The normalized spacial score (nSPS) is 12.3. The summed E-state index contributed by atoms with van der Waals surface area (Å²) in [6.07, 6.45) is 0. The van der Waals surface area contributed by atoms with Crippen molar-refractivity contribution in [1.29, 1.82) is 0 Å². The molecule has 1 aromatic heterocycles. The Morgan fingerprint density at radius 1 is 1.08 bits per heavy atom. The van der Waals surface area contributed by atoms with Gasteiger partial charge in [-0.3, -0.25) is 4.90 Å². The van der Waals surface area contributed by atoms with Gasteiger partial charge < -0.3 is 9.15 Å². The summed E-state index contributed by atoms with van der Waals surface area (Å²) in [7, 11) is 2.01. The predicted octanol–water partition coefficient (Wildman–Crippen LogP) is 4.77. The number of ether oxygens (including phenoxy) is 1. The number of hydrogen-bond acceptors (Lipinski definition) is 5. The zero-order valence-electron chi connectivity index (χ0n) is 15.1. The lowest BCUT2D eigenvalue weighted by atomic mass is 10.1. The summed E-state index contributed by atoms with van der Waals surface area (Å²) in [6, 6.07) is 15.4. The highest BCUT2D eigenvalue weighted by Gasteiger charge is 2.19. The van der Waals surface area contributed by atoms with Crippen LogP contribution in [0.15, 0.2) is 52.9 Å². The molecule has 3 rings (SSSR count). The molecule has 136 valence electrons. The maximum Gasteiger partial charge on any atom is 0.247 e. The molecule has 0 spiro atoms. The van der Waals surface area contributed by atoms with E-state index < -0.39 is 0 Å². The number of rotatable bonds is 7. The van der Waals surface area contributed by atoms with Gasteiger partial charge in [-0.15, -0.1) is 10.2 Å². The summed E-state index contributed by atoms with van der Waals surface area (Å²) in [5.74, 6) is 1.93. The van der Waals surface area contributed by atoms with Gasteiger partial charge in [-0.05, 0) is 57.3 Å². The Balaban J connectivity index is 1.55. The van der Waals surface area contributed by atoms with Gasteiger partial charge >= 0.3 is 0 Å². The number of likely N-dealkylation sites (N-methyl/N-ethyl adjacent to an activating group) is 1. The minimum absolute atomic E-state index is 0.00415. The minimum Gasteiger partial charge on any atom is -0.492 e. The Kier molecular flexibility index (Phi) is 5.91. The van der Waals surface area contributed by atoms with Gasteiger partial charge in [0.2, 0.25) is 11.8 Å². The number of halogens is 1. The van der Waals surface area contributed by atoms with Crippen LogP contribution in [0, 0.1) is 6.92 Å². The lowest BCUT2D eigenvalue weighted by Gasteiger charge is -2.21. The van der Waals surface area contributed by atoms with Crippen LogP contribution in [-0.2, 0) is 0 Å². The van der Waals surface area contributed by atoms with Gasteiger partial charge in [-0.25, -0.2) is 0 Å². The molecule has 2 aromatic carbocycles. The minimum atomic E-state index is -0.00415. The van der Waals surface area contributed by atoms with E-state index in [0.717, 1.165) is 17.9 Å². The first-order valence-corrected chi connectivity index (χ1v) is 8.90. The third-order valence-corrected chi connectivity index (χ3v) is 4.54. The molecule has 0 aliphatic rings. The second kappa shape index (κ2) is 8.34. The molecule has 3 aromatic rings. The summed E-state index contributed by atoms with van der Waals surface area (Å²) in [5, 5.41) is 9.06. The average molecular weight is 372 g/mol. The molecule has 0 fully saturated rings. The van der Waals surface area contributed by atoms with E-state index in [-0.39, 0.29) is 6.04 Å². The van der Waals surface area contributed by atoms with Crippen molar-refractivity contribution in [2.75, 3.05) is 20.2 Å². The number of hydrogen-bond donors (Lipinski definition) is 0. The van der Waals surface area contributed by atoms with Crippen LogP contribution < -0.4 is 4.74 Å². The van der Waals surface area contributed by atoms with Gasteiger partial charge in [-0.1, -0.05) is 29.3 Å². The van der Waals surface area contributed by atoms with Crippen molar-refractivity contribution in [3.8, 4) is 17.2 Å². The van der Waals surface area contributed by atoms with Crippen LogP contribution in [0.3, 0.4) is 0 Å². The standard InChI is InChI=1S/C20H22ClN3O2/c1-14-4-6-16(7-5-14)20-23-22-19(26-20)15(2)24(3)12-13-25-18-10-8-17(21)9-11-18/h4-11,15H,12-13H2,1-3H3/t15-/m1/s1. The molecule has 5 nitrogen and oxygen atoms in total. The fourth-order valence-corrected chi connectivity index (χ4v) is 2.56. The van der Waals surface area contributed by atoms with E-state index in [9.17, 15) is 0 Å². The first kappa shape index (κ1) is 18.4. The van der Waals surface area contributed by atoms with Crippen molar-refractivity contribution >= 4 is 11.6 Å². The van der Waals surface area contributed by atoms with Crippen LogP contribution in [0.2, 0.25) is 5.02 Å². The lowest BCUT2D eigenvalue weighted by Crippen LogP contribution is -2.27. The molecule has 26 heavy (non-hydrogen) atoms. The molecule has 1 atom stereocenters. The van der Waals surface area contributed by atoms with Gasteiger partial charge in [0, 0.05) is 17.1 Å². The second-order valence-electron chi connectivity index (χ2n) is 6.27. The summed E-state index contributed by atoms with van der Waals surface area (Å²) < 4.78 is 11.6. The third kappa shape index (κ3) is 4.62. The highest BCUT2D eigenvalue weighted by molar-refractivity contribution is 6.30. The monoisotopic (exact) mass is 371 g/mol. The van der Waals surface area contributed by atoms with E-state index >= 15 is 0 Å². The smallest absolute Gasteiger partial charge is 0.247 e. The average Bonchev–Trinajstić information content (AvgIpc) is 3.13. The molecule has 0 aliphatic heterocycles. The molecule has 0 aliphatic carbocycles. The molecule has 0 saturated heterocycles. The zero-order chi connectivity index (χ0) is 18.5. The SMILES string of the molecule is Cc1ccc(-c2nnc([C@@H](C)N(C)CCOc3ccc(Cl)cc3)o2)cc1. The van der Waals surface area contributed by atoms with E-state index in [1.165, 1.54) is 5.56 Å². The molecule has 0 bridgehead atoms. The number of aryl methyl sites for hydroxylation is 1. The van der Waals surface area contributed by atoms with Crippen molar-refractivity contribution < 1.29 is 9.15 Å². The second-order valence-corrected chi connectivity index (χ2v) is 6.71. The maximum absolute atomic E-state index is 5.87. The zero-order valence-corrected chi connectivity index (χ0v) is 15.9. The Bertz CT molecular complexity index is 831. The first-order chi connectivity index (χ1) is 12.5. The van der Waals surface area contributed by atoms with Crippen LogP contribution in [0.25, 0.3) is 11.5 Å². The van der Waals surface area contributed by atoms with Crippen molar-refractivity contribution in [1.82, 2.24) is 15.1 Å². The van der Waals surface area contributed by atoms with Crippen LogP contribution in [0.4, 0.5) is 0 Å². The molecule has 6 heteroatoms. The molecule has 0 radical (unpaired) electrons. The molecule has 0 N–H and O–H groups in total. The molecule has 0 amide bonds. The lowest BCUT2D eigenvalue weighted by molar-refractivity contribution is 0.182. The summed E-state index contributed by atoms with van der Waals surface area (Å²) in [4.78, 5) is 2.11. The fourth-order valence-electron chi connectivity index (χ4n) is 2.44. The largest absolute Gasteiger partial charge is 0.492 e. The highest BCUT2D eigenvalue weighted by Crippen LogP contribution is 2.23. The van der Waals surface area contributed by atoms with Crippen LogP contribution >= 0.6 is 11.6 Å². The van der Waals surface area contributed by atoms with Crippen LogP contribution in [0.1, 0.15) is 24.4 Å². The summed E-state index contributed by atoms with van der Waals surface area (Å²) in [6.45, 7) is 5.37. The molecule has 0 unspecified atom stereocenters. The van der Waals surface area contributed by atoms with Crippen LogP contribution in [0.5, 0.6) is 5.75 Å². The Hall–Kier alpha value is -2.37. The van der Waals surface area contributed by atoms with Crippen molar-refractivity contribution in [2.45, 2.75) is 19.9 Å². The quantitative estimate of drug-likeness (QED) is 0.598. The van der Waals surface area contributed by atoms with E-state index in [2.05, 4.69) is 15.1 Å². The van der Waals surface area contributed by atoms with Crippen LogP contribution in [-0.4, -0.2) is 35.3 Å². The van der Waals surface area contributed by atoms with E-state index in [1.54, 1.807) is 0 Å². The molecular weight excluding hydrogens is 350 g/mol. The van der Waals surface area contributed by atoms with Gasteiger partial charge in [0.05, 0.1) is 6.04 Å². The van der Waals surface area contributed by atoms with Crippen molar-refractivity contribution in [2.24, 2.45) is 0 Å². The van der Waals surface area contributed by atoms with Gasteiger partial charge in [0.25, 0.3) is 0 Å². The Morgan fingerprint density at radius 2 is 1.77 bits per heavy atom. The highest BCUT2D eigenvalue weighted by atomic mass is 35.5. The predicted molar refractivity (Wildman–Crippen MR) is 102 cm³/mol. The molecular formula is C20H22ClN3O2. The fraction of sp³-hybridized carbons (Fsp3) is 0.300. The first-order valence-electron chi connectivity index (χ1n) is 8.52. The third-order valence-electron chi connectivity index (χ3n) is 4.28. The van der Waals surface area contributed by atoms with E-state index in [0.29, 0.717) is 23.4 Å². The van der Waals surface area contributed by atoms with Crippen molar-refractivity contribution in [3.05, 3.63) is 65.0 Å². The number of benzene rings is 2. The van der Waals surface area contributed by atoms with Gasteiger partial charge in [-0.2, -0.15) is 0 Å². The number of aromatic nitrogens is 2. The topological polar surface area (TPSA) is 51.4 Å². The van der Waals surface area contributed by atoms with Crippen molar-refractivity contribution in [3.63, 3.8) is 0 Å². The summed E-state index contributed by atoms with van der Waals surface area (Å²) in [5.41, 5.74) is 2.12. The maximum atomic E-state index is 5.87. The summed E-state index contributed by atoms with van der Waals surface area (Å²) >= 11 is 5.87.